The smallest absolute Gasteiger partial charge is 0.307 e. The standard InChI is InChI=1S/C16H21NO4/c1-11(12-6-3-2-4-7-12)21-9-5-8-17-15(18)13-10-14(13)16(19)20/h2-4,6-7,11,13-14H,5,8-10H2,1H3,(H,17,18)(H,19,20)/t11-,13-,14-/m0/s1. The summed E-state index contributed by atoms with van der Waals surface area (Å²) in [6.07, 6.45) is 1.21. The van der Waals surface area contributed by atoms with Gasteiger partial charge in [0, 0.05) is 13.2 Å². The van der Waals surface area contributed by atoms with Gasteiger partial charge in [-0.25, -0.2) is 0 Å². The Balaban J connectivity index is 1.56. The van der Waals surface area contributed by atoms with Crippen LogP contribution >= 0.6 is 0 Å². The molecule has 0 unspecified atom stereocenters. The minimum atomic E-state index is -0.879. The van der Waals surface area contributed by atoms with E-state index in [1.54, 1.807) is 0 Å². The highest BCUT2D eigenvalue weighted by Gasteiger charge is 2.48. The van der Waals surface area contributed by atoms with E-state index in [-0.39, 0.29) is 17.9 Å². The summed E-state index contributed by atoms with van der Waals surface area (Å²) in [7, 11) is 0. The number of carbonyl (C=O) groups excluding carboxylic acids is 1. The quantitative estimate of drug-likeness (QED) is 0.718. The second-order valence-corrected chi connectivity index (χ2v) is 5.36. The van der Waals surface area contributed by atoms with E-state index in [0.717, 1.165) is 5.56 Å². The molecule has 1 aromatic rings. The molecule has 1 saturated carbocycles. The molecule has 114 valence electrons. The first-order chi connectivity index (χ1) is 10.1. The van der Waals surface area contributed by atoms with Gasteiger partial charge in [0.15, 0.2) is 0 Å². The molecule has 0 radical (unpaired) electrons. The summed E-state index contributed by atoms with van der Waals surface area (Å²) < 4.78 is 5.70. The van der Waals surface area contributed by atoms with E-state index in [0.29, 0.717) is 26.0 Å². The maximum absolute atomic E-state index is 11.6. The van der Waals surface area contributed by atoms with Crippen molar-refractivity contribution in [1.29, 1.82) is 0 Å². The number of nitrogens with one attached hydrogen (secondary N) is 1. The van der Waals surface area contributed by atoms with Gasteiger partial charge in [-0.3, -0.25) is 9.59 Å². The lowest BCUT2D eigenvalue weighted by Gasteiger charge is -2.13. The number of hydrogen-bond acceptors (Lipinski definition) is 3. The van der Waals surface area contributed by atoms with Crippen molar-refractivity contribution < 1.29 is 19.4 Å². The van der Waals surface area contributed by atoms with Gasteiger partial charge < -0.3 is 15.2 Å². The second kappa shape index (κ2) is 7.22. The van der Waals surface area contributed by atoms with Crippen molar-refractivity contribution in [2.45, 2.75) is 25.9 Å². The lowest BCUT2D eigenvalue weighted by Crippen LogP contribution is -2.28. The van der Waals surface area contributed by atoms with Crippen LogP contribution in [0.25, 0.3) is 0 Å². The van der Waals surface area contributed by atoms with Crippen LogP contribution in [0.3, 0.4) is 0 Å². The van der Waals surface area contributed by atoms with Crippen molar-refractivity contribution in [3.05, 3.63) is 35.9 Å². The van der Waals surface area contributed by atoms with E-state index in [1.165, 1.54) is 0 Å². The molecule has 5 nitrogen and oxygen atoms in total. The van der Waals surface area contributed by atoms with E-state index in [4.69, 9.17) is 9.84 Å². The molecule has 0 spiro atoms. The first-order valence-corrected chi connectivity index (χ1v) is 7.26. The zero-order valence-electron chi connectivity index (χ0n) is 12.1. The van der Waals surface area contributed by atoms with Gasteiger partial charge in [0.25, 0.3) is 0 Å². The van der Waals surface area contributed by atoms with Crippen LogP contribution in [0.2, 0.25) is 0 Å². The highest BCUT2D eigenvalue weighted by Crippen LogP contribution is 2.38. The fourth-order valence-electron chi connectivity index (χ4n) is 2.25. The Morgan fingerprint density at radius 3 is 2.67 bits per heavy atom. The van der Waals surface area contributed by atoms with Crippen molar-refractivity contribution in [3.63, 3.8) is 0 Å². The van der Waals surface area contributed by atoms with Crippen LogP contribution in [-0.4, -0.2) is 30.1 Å². The van der Waals surface area contributed by atoms with Gasteiger partial charge in [-0.2, -0.15) is 0 Å². The molecular formula is C16H21NO4. The highest BCUT2D eigenvalue weighted by atomic mass is 16.5. The van der Waals surface area contributed by atoms with Crippen LogP contribution in [0, 0.1) is 11.8 Å². The predicted octanol–water partition coefficient (Wildman–Crippen LogP) is 1.99. The number of benzene rings is 1. The van der Waals surface area contributed by atoms with Crippen LogP contribution in [-0.2, 0) is 14.3 Å². The molecule has 1 amide bonds. The van der Waals surface area contributed by atoms with E-state index in [9.17, 15) is 9.59 Å². The number of ether oxygens (including phenoxy) is 1. The normalized spacial score (nSPS) is 21.6. The number of hydrogen-bond donors (Lipinski definition) is 2. The zero-order valence-corrected chi connectivity index (χ0v) is 12.1. The maximum Gasteiger partial charge on any atom is 0.307 e. The Labute approximate surface area is 124 Å². The Bertz CT molecular complexity index is 488. The van der Waals surface area contributed by atoms with Gasteiger partial charge in [-0.15, -0.1) is 0 Å². The number of carboxylic acid groups (broad SMARTS) is 1. The summed E-state index contributed by atoms with van der Waals surface area (Å²) in [5.41, 5.74) is 1.13. The third-order valence-electron chi connectivity index (χ3n) is 3.70. The molecule has 3 atom stereocenters. The molecule has 0 saturated heterocycles. The molecule has 5 heteroatoms. The average Bonchev–Trinajstić information content (AvgIpc) is 3.28. The second-order valence-electron chi connectivity index (χ2n) is 5.36. The van der Waals surface area contributed by atoms with Gasteiger partial charge in [-0.1, -0.05) is 30.3 Å². The molecule has 0 heterocycles. The van der Waals surface area contributed by atoms with Gasteiger partial charge in [0.1, 0.15) is 0 Å². The molecule has 1 aliphatic rings. The summed E-state index contributed by atoms with van der Waals surface area (Å²) in [4.78, 5) is 22.3. The summed E-state index contributed by atoms with van der Waals surface area (Å²) in [5.74, 6) is -1.86. The fraction of sp³-hybridized carbons (Fsp3) is 0.500. The summed E-state index contributed by atoms with van der Waals surface area (Å²) in [6.45, 7) is 3.07. The van der Waals surface area contributed by atoms with Crippen molar-refractivity contribution in [3.8, 4) is 0 Å². The largest absolute Gasteiger partial charge is 0.481 e. The summed E-state index contributed by atoms with van der Waals surface area (Å²) >= 11 is 0. The van der Waals surface area contributed by atoms with Crippen LogP contribution < -0.4 is 5.32 Å². The molecule has 2 rings (SSSR count). The van der Waals surface area contributed by atoms with Crippen LogP contribution in [0.1, 0.15) is 31.4 Å². The first-order valence-electron chi connectivity index (χ1n) is 7.26. The fourth-order valence-corrected chi connectivity index (χ4v) is 2.25. The average molecular weight is 291 g/mol. The Kier molecular flexibility index (Phi) is 5.33. The molecule has 0 aliphatic heterocycles. The van der Waals surface area contributed by atoms with Crippen LogP contribution in [0.5, 0.6) is 0 Å². The number of amides is 1. The van der Waals surface area contributed by atoms with Crippen molar-refractivity contribution in [1.82, 2.24) is 5.32 Å². The Morgan fingerprint density at radius 2 is 2.05 bits per heavy atom. The minimum Gasteiger partial charge on any atom is -0.481 e. The van der Waals surface area contributed by atoms with Crippen molar-refractivity contribution in [2.24, 2.45) is 11.8 Å². The molecule has 21 heavy (non-hydrogen) atoms. The van der Waals surface area contributed by atoms with Gasteiger partial charge >= 0.3 is 5.97 Å². The molecule has 1 aliphatic carbocycles. The highest BCUT2D eigenvalue weighted by molar-refractivity contribution is 5.89. The molecule has 0 bridgehead atoms. The third-order valence-corrected chi connectivity index (χ3v) is 3.70. The molecule has 1 aromatic carbocycles. The summed E-state index contributed by atoms with van der Waals surface area (Å²) in [6, 6.07) is 9.96. The Hall–Kier alpha value is -1.88. The number of rotatable bonds is 8. The monoisotopic (exact) mass is 291 g/mol. The lowest BCUT2D eigenvalue weighted by molar-refractivity contribution is -0.140. The Morgan fingerprint density at radius 1 is 1.33 bits per heavy atom. The first kappa shape index (κ1) is 15.5. The number of aliphatic carboxylic acids is 1. The van der Waals surface area contributed by atoms with Crippen molar-refractivity contribution >= 4 is 11.9 Å². The van der Waals surface area contributed by atoms with Crippen molar-refractivity contribution in [2.75, 3.05) is 13.2 Å². The topological polar surface area (TPSA) is 75.6 Å². The van der Waals surface area contributed by atoms with Gasteiger partial charge in [0.05, 0.1) is 17.9 Å². The minimum absolute atomic E-state index is 0.0294. The lowest BCUT2D eigenvalue weighted by atomic mass is 10.1. The molecule has 1 fully saturated rings. The van der Waals surface area contributed by atoms with Gasteiger partial charge in [-0.05, 0) is 25.3 Å². The number of carbonyl (C=O) groups is 2. The SMILES string of the molecule is C[C@H](OCCCNC(=O)[C@H]1C[C@@H]1C(=O)O)c1ccccc1. The van der Waals surface area contributed by atoms with Crippen LogP contribution in [0.4, 0.5) is 0 Å². The van der Waals surface area contributed by atoms with E-state index in [2.05, 4.69) is 5.32 Å². The molecule has 0 aromatic heterocycles. The van der Waals surface area contributed by atoms with E-state index < -0.39 is 11.9 Å². The molecule has 2 N–H and O–H groups in total. The predicted molar refractivity (Wildman–Crippen MR) is 77.7 cm³/mol. The van der Waals surface area contributed by atoms with Crippen LogP contribution in [0.15, 0.2) is 30.3 Å². The third kappa shape index (κ3) is 4.56. The van der Waals surface area contributed by atoms with E-state index >= 15 is 0 Å². The van der Waals surface area contributed by atoms with E-state index in [1.807, 2.05) is 37.3 Å². The van der Waals surface area contributed by atoms with Gasteiger partial charge in [0.2, 0.25) is 5.91 Å². The zero-order chi connectivity index (χ0) is 15.2. The maximum atomic E-state index is 11.6. The number of carboxylic acids is 1. The molecular weight excluding hydrogens is 270 g/mol. The summed E-state index contributed by atoms with van der Waals surface area (Å²) in [5, 5.41) is 11.5.